The Morgan fingerprint density at radius 2 is 2.18 bits per heavy atom. The number of anilines is 1. The summed E-state index contributed by atoms with van der Waals surface area (Å²) in [5.74, 6) is 0. The summed E-state index contributed by atoms with van der Waals surface area (Å²) in [6.45, 7) is 0.853. The largest absolute Gasteiger partial charge is 0.384 e. The van der Waals surface area contributed by atoms with E-state index < -0.39 is 0 Å². The van der Waals surface area contributed by atoms with Crippen molar-refractivity contribution in [1.29, 1.82) is 0 Å². The molecule has 0 bridgehead atoms. The topological polar surface area (TPSA) is 24.9 Å². The van der Waals surface area contributed by atoms with Crippen LogP contribution in [0.15, 0.2) is 42.7 Å². The molecule has 17 heavy (non-hydrogen) atoms. The highest BCUT2D eigenvalue weighted by atomic mass is 127. The van der Waals surface area contributed by atoms with Crippen LogP contribution in [0, 0.1) is 3.57 Å². The highest BCUT2D eigenvalue weighted by Gasteiger charge is 2.00. The normalized spacial score (nSPS) is 10.2. The monoisotopic (exact) mass is 358 g/mol. The van der Waals surface area contributed by atoms with Crippen LogP contribution < -0.4 is 5.32 Å². The van der Waals surface area contributed by atoms with Gasteiger partial charge in [-0.15, -0.1) is 0 Å². The standard InChI is InChI=1S/C13H12ClIN2/c14-12-8-11(15)3-4-13(12)17-7-5-10-2-1-6-16-9-10/h1-4,6,8-9,17H,5,7H2. The number of benzene rings is 1. The van der Waals surface area contributed by atoms with Crippen molar-refractivity contribution in [3.63, 3.8) is 0 Å². The van der Waals surface area contributed by atoms with Crippen molar-refractivity contribution in [3.05, 3.63) is 56.9 Å². The van der Waals surface area contributed by atoms with Crippen LogP contribution in [-0.4, -0.2) is 11.5 Å². The minimum atomic E-state index is 0.767. The van der Waals surface area contributed by atoms with Gasteiger partial charge in [0.05, 0.1) is 10.7 Å². The van der Waals surface area contributed by atoms with E-state index in [2.05, 4.69) is 39.0 Å². The molecule has 0 saturated heterocycles. The fourth-order valence-corrected chi connectivity index (χ4v) is 2.44. The average molecular weight is 359 g/mol. The number of pyridine rings is 1. The second-order valence-electron chi connectivity index (χ2n) is 3.66. The van der Waals surface area contributed by atoms with Gasteiger partial charge in [0.2, 0.25) is 0 Å². The Bertz CT molecular complexity index is 488. The maximum absolute atomic E-state index is 6.13. The van der Waals surface area contributed by atoms with Crippen LogP contribution in [0.2, 0.25) is 5.02 Å². The van der Waals surface area contributed by atoms with Crippen LogP contribution in [0.3, 0.4) is 0 Å². The summed E-state index contributed by atoms with van der Waals surface area (Å²) in [7, 11) is 0. The van der Waals surface area contributed by atoms with Crippen molar-refractivity contribution in [3.8, 4) is 0 Å². The van der Waals surface area contributed by atoms with Gasteiger partial charge in [0.1, 0.15) is 0 Å². The summed E-state index contributed by atoms with van der Waals surface area (Å²) >= 11 is 8.38. The van der Waals surface area contributed by atoms with Crippen molar-refractivity contribution in [2.45, 2.75) is 6.42 Å². The van der Waals surface area contributed by atoms with E-state index in [1.54, 1.807) is 6.20 Å². The van der Waals surface area contributed by atoms with Gasteiger partial charge < -0.3 is 5.32 Å². The van der Waals surface area contributed by atoms with Gasteiger partial charge in [-0.3, -0.25) is 4.98 Å². The van der Waals surface area contributed by atoms with E-state index in [0.717, 1.165) is 27.2 Å². The second kappa shape index (κ2) is 6.21. The van der Waals surface area contributed by atoms with Crippen molar-refractivity contribution in [1.82, 2.24) is 4.98 Å². The first-order valence-corrected chi connectivity index (χ1v) is 6.79. The predicted octanol–water partition coefficient (Wildman–Crippen LogP) is 3.99. The Hall–Kier alpha value is -0.810. The van der Waals surface area contributed by atoms with Crippen LogP contribution in [0.1, 0.15) is 5.56 Å². The lowest BCUT2D eigenvalue weighted by Gasteiger charge is -2.08. The van der Waals surface area contributed by atoms with Gasteiger partial charge in [-0.1, -0.05) is 17.7 Å². The molecule has 0 atom stereocenters. The lowest BCUT2D eigenvalue weighted by molar-refractivity contribution is 1.01. The molecule has 0 radical (unpaired) electrons. The summed E-state index contributed by atoms with van der Waals surface area (Å²) in [6, 6.07) is 10.0. The van der Waals surface area contributed by atoms with E-state index in [9.17, 15) is 0 Å². The summed E-state index contributed by atoms with van der Waals surface area (Å²) in [5.41, 5.74) is 2.21. The first kappa shape index (κ1) is 12.6. The Kier molecular flexibility index (Phi) is 4.62. The molecular weight excluding hydrogens is 347 g/mol. The second-order valence-corrected chi connectivity index (χ2v) is 5.32. The third kappa shape index (κ3) is 3.85. The lowest BCUT2D eigenvalue weighted by Crippen LogP contribution is -2.05. The zero-order chi connectivity index (χ0) is 12.1. The van der Waals surface area contributed by atoms with E-state index >= 15 is 0 Å². The molecule has 0 saturated carbocycles. The van der Waals surface area contributed by atoms with Gasteiger partial charge >= 0.3 is 0 Å². The van der Waals surface area contributed by atoms with Gasteiger partial charge in [0.15, 0.2) is 0 Å². The molecule has 1 heterocycles. The van der Waals surface area contributed by atoms with Crippen molar-refractivity contribution < 1.29 is 0 Å². The van der Waals surface area contributed by atoms with Gasteiger partial charge in [0.25, 0.3) is 0 Å². The fraction of sp³-hybridized carbons (Fsp3) is 0.154. The van der Waals surface area contributed by atoms with E-state index in [-0.39, 0.29) is 0 Å². The minimum Gasteiger partial charge on any atom is -0.384 e. The van der Waals surface area contributed by atoms with Crippen LogP contribution in [0.25, 0.3) is 0 Å². The molecule has 0 fully saturated rings. The molecule has 88 valence electrons. The SMILES string of the molecule is Clc1cc(I)ccc1NCCc1cccnc1. The average Bonchev–Trinajstić information content (AvgIpc) is 2.33. The summed E-state index contributed by atoms with van der Waals surface area (Å²) in [4.78, 5) is 4.08. The number of nitrogens with zero attached hydrogens (tertiary/aromatic N) is 1. The molecule has 2 aromatic rings. The number of rotatable bonds is 4. The molecule has 0 aliphatic rings. The molecule has 1 aromatic heterocycles. The maximum Gasteiger partial charge on any atom is 0.0648 e. The van der Waals surface area contributed by atoms with Crippen molar-refractivity contribution >= 4 is 39.9 Å². The molecule has 0 amide bonds. The van der Waals surface area contributed by atoms with E-state index in [4.69, 9.17) is 11.6 Å². The van der Waals surface area contributed by atoms with E-state index in [1.807, 2.05) is 30.5 Å². The predicted molar refractivity (Wildman–Crippen MR) is 80.6 cm³/mol. The van der Waals surface area contributed by atoms with Gasteiger partial charge in [-0.05, 0) is 58.8 Å². The molecule has 0 unspecified atom stereocenters. The first-order valence-electron chi connectivity index (χ1n) is 5.33. The summed E-state index contributed by atoms with van der Waals surface area (Å²) in [6.07, 6.45) is 4.61. The third-order valence-electron chi connectivity index (χ3n) is 2.38. The molecular formula is C13H12ClIN2. The lowest BCUT2D eigenvalue weighted by atomic mass is 10.2. The molecule has 1 aromatic carbocycles. The zero-order valence-electron chi connectivity index (χ0n) is 9.16. The quantitative estimate of drug-likeness (QED) is 0.836. The van der Waals surface area contributed by atoms with Gasteiger partial charge in [-0.2, -0.15) is 0 Å². The van der Waals surface area contributed by atoms with Crippen LogP contribution in [0.5, 0.6) is 0 Å². The molecule has 0 spiro atoms. The highest BCUT2D eigenvalue weighted by Crippen LogP contribution is 2.23. The van der Waals surface area contributed by atoms with Crippen LogP contribution >= 0.6 is 34.2 Å². The highest BCUT2D eigenvalue weighted by molar-refractivity contribution is 14.1. The number of aromatic nitrogens is 1. The minimum absolute atomic E-state index is 0.767. The Labute approximate surface area is 120 Å². The van der Waals surface area contributed by atoms with Gasteiger partial charge in [-0.25, -0.2) is 0 Å². The van der Waals surface area contributed by atoms with Crippen LogP contribution in [0.4, 0.5) is 5.69 Å². The van der Waals surface area contributed by atoms with Crippen LogP contribution in [-0.2, 0) is 6.42 Å². The Balaban J connectivity index is 1.90. The summed E-state index contributed by atoms with van der Waals surface area (Å²) in [5, 5.41) is 4.09. The molecule has 2 rings (SSSR count). The molecule has 1 N–H and O–H groups in total. The van der Waals surface area contributed by atoms with Crippen molar-refractivity contribution in [2.75, 3.05) is 11.9 Å². The Morgan fingerprint density at radius 1 is 1.29 bits per heavy atom. The number of halogens is 2. The number of nitrogens with one attached hydrogen (secondary N) is 1. The van der Waals surface area contributed by atoms with E-state index in [1.165, 1.54) is 5.56 Å². The maximum atomic E-state index is 6.13. The zero-order valence-corrected chi connectivity index (χ0v) is 12.1. The number of hydrogen-bond acceptors (Lipinski definition) is 2. The molecule has 0 aliphatic heterocycles. The molecule has 4 heteroatoms. The molecule has 0 aliphatic carbocycles. The smallest absolute Gasteiger partial charge is 0.0648 e. The number of hydrogen-bond donors (Lipinski definition) is 1. The Morgan fingerprint density at radius 3 is 2.88 bits per heavy atom. The fourth-order valence-electron chi connectivity index (χ4n) is 1.52. The third-order valence-corrected chi connectivity index (χ3v) is 3.37. The van der Waals surface area contributed by atoms with E-state index in [0.29, 0.717) is 0 Å². The molecule has 2 nitrogen and oxygen atoms in total. The summed E-state index contributed by atoms with van der Waals surface area (Å²) < 4.78 is 1.14. The van der Waals surface area contributed by atoms with Gasteiger partial charge in [0, 0.05) is 22.5 Å². The first-order chi connectivity index (χ1) is 8.25. The van der Waals surface area contributed by atoms with Crippen molar-refractivity contribution in [2.24, 2.45) is 0 Å².